The van der Waals surface area contributed by atoms with Crippen LogP contribution in [0.15, 0.2) is 55.0 Å². The summed E-state index contributed by atoms with van der Waals surface area (Å²) in [7, 11) is 0. The van der Waals surface area contributed by atoms with E-state index in [-0.39, 0.29) is 11.9 Å². The van der Waals surface area contributed by atoms with Crippen molar-refractivity contribution in [3.05, 3.63) is 60.6 Å². The van der Waals surface area contributed by atoms with E-state index in [1.165, 1.54) is 0 Å². The lowest BCUT2D eigenvalue weighted by molar-refractivity contribution is 0.0933. The monoisotopic (exact) mass is 348 g/mol. The van der Waals surface area contributed by atoms with Gasteiger partial charge in [-0.1, -0.05) is 12.1 Å². The summed E-state index contributed by atoms with van der Waals surface area (Å²) < 4.78 is 0. The molecule has 1 fully saturated rings. The number of rotatable bonds is 4. The molecular formula is C19H20N6O. The lowest BCUT2D eigenvalue weighted by Gasteiger charge is -2.33. The second-order valence-electron chi connectivity index (χ2n) is 6.36. The highest BCUT2D eigenvalue weighted by molar-refractivity contribution is 5.94. The Kier molecular flexibility index (Phi) is 4.59. The molecule has 0 spiro atoms. The van der Waals surface area contributed by atoms with Gasteiger partial charge in [0.2, 0.25) is 5.95 Å². The van der Waals surface area contributed by atoms with E-state index < -0.39 is 0 Å². The van der Waals surface area contributed by atoms with Gasteiger partial charge in [0.05, 0.1) is 5.69 Å². The first-order valence-electron chi connectivity index (χ1n) is 8.72. The summed E-state index contributed by atoms with van der Waals surface area (Å²) in [4.78, 5) is 23.3. The molecule has 4 rings (SSSR count). The van der Waals surface area contributed by atoms with Crippen LogP contribution in [0.3, 0.4) is 0 Å². The molecule has 0 radical (unpaired) electrons. The quantitative estimate of drug-likeness (QED) is 0.755. The van der Waals surface area contributed by atoms with Crippen molar-refractivity contribution in [2.24, 2.45) is 0 Å². The fraction of sp³-hybridized carbons (Fsp3) is 0.263. The zero-order valence-electron chi connectivity index (χ0n) is 14.3. The number of benzene rings is 1. The molecule has 1 aliphatic heterocycles. The number of nitrogens with zero attached hydrogens (tertiary/aromatic N) is 4. The van der Waals surface area contributed by atoms with Crippen molar-refractivity contribution in [1.82, 2.24) is 25.5 Å². The molecule has 3 heterocycles. The number of aromatic amines is 1. The molecule has 1 amide bonds. The Morgan fingerprint density at radius 3 is 2.65 bits per heavy atom. The van der Waals surface area contributed by atoms with E-state index in [1.807, 2.05) is 30.3 Å². The molecule has 3 aromatic rings. The van der Waals surface area contributed by atoms with Gasteiger partial charge >= 0.3 is 0 Å². The van der Waals surface area contributed by atoms with Crippen LogP contribution in [-0.4, -0.2) is 45.2 Å². The van der Waals surface area contributed by atoms with Crippen LogP contribution in [0.2, 0.25) is 0 Å². The lowest BCUT2D eigenvalue weighted by atomic mass is 10.0. The van der Waals surface area contributed by atoms with Gasteiger partial charge in [-0.15, -0.1) is 0 Å². The van der Waals surface area contributed by atoms with Gasteiger partial charge in [0.25, 0.3) is 5.91 Å². The highest BCUT2D eigenvalue weighted by atomic mass is 16.1. The number of hydrogen-bond donors (Lipinski definition) is 2. The number of carbonyl (C=O) groups is 1. The maximum atomic E-state index is 12.6. The van der Waals surface area contributed by atoms with Crippen LogP contribution < -0.4 is 10.2 Å². The van der Waals surface area contributed by atoms with Crippen molar-refractivity contribution in [1.29, 1.82) is 0 Å². The van der Waals surface area contributed by atoms with Gasteiger partial charge in [-0.3, -0.25) is 9.89 Å². The SMILES string of the molecule is O=C(N[C@H]1CCCN(c2ncccn2)C1)c1ccc(-c2ccn[nH]2)cc1. The van der Waals surface area contributed by atoms with Crippen LogP contribution in [0.4, 0.5) is 5.95 Å². The average Bonchev–Trinajstić information content (AvgIpc) is 3.24. The summed E-state index contributed by atoms with van der Waals surface area (Å²) in [5.41, 5.74) is 2.59. The fourth-order valence-electron chi connectivity index (χ4n) is 3.22. The van der Waals surface area contributed by atoms with Crippen LogP contribution in [0.25, 0.3) is 11.3 Å². The van der Waals surface area contributed by atoms with E-state index in [2.05, 4.69) is 30.4 Å². The van der Waals surface area contributed by atoms with Crippen LogP contribution in [-0.2, 0) is 0 Å². The smallest absolute Gasteiger partial charge is 0.251 e. The molecule has 0 bridgehead atoms. The number of piperidine rings is 1. The molecule has 26 heavy (non-hydrogen) atoms. The molecule has 1 aliphatic rings. The number of H-pyrrole nitrogens is 1. The Labute approximate surface area is 151 Å². The lowest BCUT2D eigenvalue weighted by Crippen LogP contribution is -2.48. The summed E-state index contributed by atoms with van der Waals surface area (Å²) in [5, 5.41) is 10.00. The Morgan fingerprint density at radius 2 is 1.92 bits per heavy atom. The van der Waals surface area contributed by atoms with E-state index in [4.69, 9.17) is 0 Å². The van der Waals surface area contributed by atoms with E-state index in [0.29, 0.717) is 5.56 Å². The second kappa shape index (κ2) is 7.35. The minimum Gasteiger partial charge on any atom is -0.348 e. The molecular weight excluding hydrogens is 328 g/mol. The fourth-order valence-corrected chi connectivity index (χ4v) is 3.22. The normalized spacial score (nSPS) is 17.1. The van der Waals surface area contributed by atoms with Crippen LogP contribution in [0.1, 0.15) is 23.2 Å². The van der Waals surface area contributed by atoms with Gasteiger partial charge in [-0.05, 0) is 42.7 Å². The molecule has 7 nitrogen and oxygen atoms in total. The standard InChI is InChI=1S/C19H20N6O/c26-18(15-6-4-14(5-7-15)17-8-11-22-24-17)23-16-3-1-12-25(13-16)19-20-9-2-10-21-19/h2,4-11,16H,1,3,12-13H2,(H,22,24)(H,23,26)/t16-/m0/s1. The number of aromatic nitrogens is 4. The van der Waals surface area contributed by atoms with Gasteiger partial charge in [0, 0.05) is 43.3 Å². The first-order valence-corrected chi connectivity index (χ1v) is 8.72. The second-order valence-corrected chi connectivity index (χ2v) is 6.36. The molecule has 1 atom stereocenters. The largest absolute Gasteiger partial charge is 0.348 e. The van der Waals surface area contributed by atoms with Crippen molar-refractivity contribution in [3.8, 4) is 11.3 Å². The summed E-state index contributed by atoms with van der Waals surface area (Å²) >= 11 is 0. The first kappa shape index (κ1) is 16.3. The zero-order chi connectivity index (χ0) is 17.8. The Hall–Kier alpha value is -3.22. The molecule has 1 saturated heterocycles. The maximum Gasteiger partial charge on any atom is 0.251 e. The predicted molar refractivity (Wildman–Crippen MR) is 98.8 cm³/mol. The first-order chi connectivity index (χ1) is 12.8. The number of carbonyl (C=O) groups excluding carboxylic acids is 1. The van der Waals surface area contributed by atoms with E-state index in [0.717, 1.165) is 43.1 Å². The molecule has 0 saturated carbocycles. The highest BCUT2D eigenvalue weighted by Gasteiger charge is 2.23. The number of hydrogen-bond acceptors (Lipinski definition) is 5. The molecule has 2 N–H and O–H groups in total. The molecule has 132 valence electrons. The third-order valence-electron chi connectivity index (χ3n) is 4.55. The van der Waals surface area contributed by atoms with E-state index in [1.54, 1.807) is 24.7 Å². The maximum absolute atomic E-state index is 12.6. The third-order valence-corrected chi connectivity index (χ3v) is 4.55. The Bertz CT molecular complexity index is 848. The summed E-state index contributed by atoms with van der Waals surface area (Å²) in [6.45, 7) is 1.64. The Morgan fingerprint density at radius 1 is 1.12 bits per heavy atom. The third kappa shape index (κ3) is 3.56. The molecule has 1 aromatic carbocycles. The van der Waals surface area contributed by atoms with Crippen LogP contribution in [0.5, 0.6) is 0 Å². The molecule has 0 unspecified atom stereocenters. The average molecular weight is 348 g/mol. The number of nitrogens with one attached hydrogen (secondary N) is 2. The summed E-state index contributed by atoms with van der Waals surface area (Å²) in [6, 6.07) is 11.3. The van der Waals surface area contributed by atoms with Gasteiger partial charge in [0.1, 0.15) is 0 Å². The molecule has 7 heteroatoms. The number of amides is 1. The molecule has 0 aliphatic carbocycles. The van der Waals surface area contributed by atoms with Crippen LogP contribution in [0, 0.1) is 0 Å². The minimum atomic E-state index is -0.0537. The highest BCUT2D eigenvalue weighted by Crippen LogP contribution is 2.18. The molecule has 2 aromatic heterocycles. The van der Waals surface area contributed by atoms with Gasteiger partial charge in [-0.25, -0.2) is 9.97 Å². The Balaban J connectivity index is 1.39. The van der Waals surface area contributed by atoms with Crippen molar-refractivity contribution in [2.75, 3.05) is 18.0 Å². The summed E-state index contributed by atoms with van der Waals surface area (Å²) in [6.07, 6.45) is 7.15. The van der Waals surface area contributed by atoms with Gasteiger partial charge in [-0.2, -0.15) is 5.10 Å². The summed E-state index contributed by atoms with van der Waals surface area (Å²) in [5.74, 6) is 0.664. The van der Waals surface area contributed by atoms with Gasteiger partial charge in [0.15, 0.2) is 0 Å². The van der Waals surface area contributed by atoms with Crippen molar-refractivity contribution < 1.29 is 4.79 Å². The number of anilines is 1. The van der Waals surface area contributed by atoms with Crippen molar-refractivity contribution in [2.45, 2.75) is 18.9 Å². The minimum absolute atomic E-state index is 0.0537. The van der Waals surface area contributed by atoms with E-state index in [9.17, 15) is 4.79 Å². The van der Waals surface area contributed by atoms with Crippen molar-refractivity contribution >= 4 is 11.9 Å². The van der Waals surface area contributed by atoms with Crippen LogP contribution >= 0.6 is 0 Å². The zero-order valence-corrected chi connectivity index (χ0v) is 14.3. The topological polar surface area (TPSA) is 86.8 Å². The van der Waals surface area contributed by atoms with Crippen molar-refractivity contribution in [3.63, 3.8) is 0 Å². The predicted octanol–water partition coefficient (Wildman–Crippen LogP) is 2.27. The van der Waals surface area contributed by atoms with Gasteiger partial charge < -0.3 is 10.2 Å². The van der Waals surface area contributed by atoms with E-state index >= 15 is 0 Å².